The SMILES string of the molecule is Fc1cc(B(OCNc2ccccc2)c2ccc(Cl)c(F)c2)ccc1Cl. The van der Waals surface area contributed by atoms with Crippen LogP contribution in [0.5, 0.6) is 0 Å². The second-order valence-corrected chi connectivity index (χ2v) is 6.40. The van der Waals surface area contributed by atoms with E-state index >= 15 is 0 Å². The maximum atomic E-state index is 13.9. The number of anilines is 1. The minimum atomic E-state index is -0.690. The molecule has 0 radical (unpaired) electrons. The average Bonchev–Trinajstić information content (AvgIpc) is 2.65. The first-order valence-corrected chi connectivity index (χ1v) is 8.60. The Morgan fingerprint density at radius 3 is 1.85 bits per heavy atom. The molecule has 1 N–H and O–H groups in total. The third-order valence-corrected chi connectivity index (χ3v) is 4.41. The van der Waals surface area contributed by atoms with Crippen molar-refractivity contribution in [1.29, 1.82) is 0 Å². The Morgan fingerprint density at radius 1 is 0.808 bits per heavy atom. The number of benzene rings is 3. The highest BCUT2D eigenvalue weighted by Gasteiger charge is 2.23. The van der Waals surface area contributed by atoms with Crippen LogP contribution in [0.1, 0.15) is 0 Å². The van der Waals surface area contributed by atoms with Gasteiger partial charge in [0.2, 0.25) is 0 Å². The van der Waals surface area contributed by atoms with Gasteiger partial charge in [-0.3, -0.25) is 0 Å². The minimum Gasteiger partial charge on any atom is -0.409 e. The summed E-state index contributed by atoms with van der Waals surface area (Å²) in [5, 5.41) is 3.13. The standard InChI is InChI=1S/C19H14BCl2F2NO/c21-16-8-6-13(10-18(16)23)20(14-7-9-17(22)19(24)11-14)26-12-25-15-4-2-1-3-5-15/h1-11,25H,12H2. The van der Waals surface area contributed by atoms with Crippen molar-refractivity contribution in [2.24, 2.45) is 0 Å². The lowest BCUT2D eigenvalue weighted by Gasteiger charge is -2.17. The van der Waals surface area contributed by atoms with E-state index in [-0.39, 0.29) is 16.8 Å². The molecule has 0 unspecified atom stereocenters. The fourth-order valence-corrected chi connectivity index (χ4v) is 2.74. The highest BCUT2D eigenvalue weighted by molar-refractivity contribution is 6.80. The van der Waals surface area contributed by atoms with Crippen molar-refractivity contribution in [2.75, 3.05) is 12.0 Å². The van der Waals surface area contributed by atoms with Crippen molar-refractivity contribution in [3.63, 3.8) is 0 Å². The summed E-state index contributed by atoms with van der Waals surface area (Å²) >= 11 is 11.5. The number of hydrogen-bond donors (Lipinski definition) is 1. The molecule has 0 aliphatic heterocycles. The second kappa shape index (κ2) is 8.54. The zero-order chi connectivity index (χ0) is 18.5. The van der Waals surface area contributed by atoms with Crippen LogP contribution < -0.4 is 16.2 Å². The Morgan fingerprint density at radius 2 is 1.35 bits per heavy atom. The molecule has 3 aromatic rings. The van der Waals surface area contributed by atoms with E-state index in [2.05, 4.69) is 5.32 Å². The molecule has 0 saturated carbocycles. The van der Waals surface area contributed by atoms with Crippen LogP contribution >= 0.6 is 23.2 Å². The van der Waals surface area contributed by atoms with Crippen molar-refractivity contribution in [1.82, 2.24) is 0 Å². The van der Waals surface area contributed by atoms with Gasteiger partial charge in [-0.15, -0.1) is 0 Å². The molecule has 2 nitrogen and oxygen atoms in total. The summed E-state index contributed by atoms with van der Waals surface area (Å²) in [5.74, 6) is -1.13. The summed E-state index contributed by atoms with van der Waals surface area (Å²) in [6.07, 6.45) is 0. The molecule has 26 heavy (non-hydrogen) atoms. The van der Waals surface area contributed by atoms with E-state index in [4.69, 9.17) is 27.9 Å². The van der Waals surface area contributed by atoms with E-state index < -0.39 is 18.6 Å². The van der Waals surface area contributed by atoms with Crippen molar-refractivity contribution < 1.29 is 13.4 Å². The van der Waals surface area contributed by atoms with Gasteiger partial charge < -0.3 is 9.97 Å². The highest BCUT2D eigenvalue weighted by Crippen LogP contribution is 2.14. The summed E-state index contributed by atoms with van der Waals surface area (Å²) in [7, 11) is 0. The Hall–Kier alpha value is -2.08. The first kappa shape index (κ1) is 18.7. The molecule has 3 rings (SSSR count). The molecule has 132 valence electrons. The van der Waals surface area contributed by atoms with Crippen molar-refractivity contribution in [3.05, 3.63) is 88.4 Å². The molecular formula is C19H14BCl2F2NO. The summed E-state index contributed by atoms with van der Waals surface area (Å²) < 4.78 is 33.7. The first-order valence-electron chi connectivity index (χ1n) is 7.85. The van der Waals surface area contributed by atoms with Crippen molar-refractivity contribution in [3.8, 4) is 0 Å². The third kappa shape index (κ3) is 4.55. The summed E-state index contributed by atoms with van der Waals surface area (Å²) in [6, 6.07) is 18.2. The van der Waals surface area contributed by atoms with Gasteiger partial charge in [0.15, 0.2) is 0 Å². The van der Waals surface area contributed by atoms with E-state index in [0.29, 0.717) is 10.9 Å². The number of hydrogen-bond acceptors (Lipinski definition) is 2. The van der Waals surface area contributed by atoms with E-state index in [9.17, 15) is 8.78 Å². The van der Waals surface area contributed by atoms with E-state index in [1.54, 1.807) is 12.1 Å². The first-order chi connectivity index (χ1) is 12.5. The molecule has 0 bridgehead atoms. The monoisotopic (exact) mass is 391 g/mol. The fourth-order valence-electron chi connectivity index (χ4n) is 2.50. The minimum absolute atomic E-state index is 0.0113. The Labute approximate surface area is 160 Å². The smallest absolute Gasteiger partial charge is 0.363 e. The maximum absolute atomic E-state index is 13.9. The normalized spacial score (nSPS) is 10.6. The molecule has 0 saturated heterocycles. The highest BCUT2D eigenvalue weighted by atomic mass is 35.5. The predicted molar refractivity (Wildman–Crippen MR) is 104 cm³/mol. The van der Waals surface area contributed by atoms with Gasteiger partial charge in [-0.25, -0.2) is 8.78 Å². The summed E-state index contributed by atoms with van der Waals surface area (Å²) in [4.78, 5) is 0. The average molecular weight is 392 g/mol. The van der Waals surface area contributed by atoms with Gasteiger partial charge in [0, 0.05) is 5.69 Å². The molecular weight excluding hydrogens is 378 g/mol. The topological polar surface area (TPSA) is 21.3 Å². The lowest BCUT2D eigenvalue weighted by molar-refractivity contribution is 0.365. The molecule has 0 spiro atoms. The summed E-state index contributed by atoms with van der Waals surface area (Å²) in [5.41, 5.74) is 1.91. The third-order valence-electron chi connectivity index (χ3n) is 3.79. The van der Waals surface area contributed by atoms with Crippen LogP contribution in [0.15, 0.2) is 66.7 Å². The van der Waals surface area contributed by atoms with Crippen LogP contribution in [-0.4, -0.2) is 13.6 Å². The van der Waals surface area contributed by atoms with Crippen LogP contribution in [-0.2, 0) is 4.65 Å². The van der Waals surface area contributed by atoms with Gasteiger partial charge in [0.25, 0.3) is 0 Å². The van der Waals surface area contributed by atoms with E-state index in [1.165, 1.54) is 24.3 Å². The molecule has 0 atom stereocenters. The van der Waals surface area contributed by atoms with Gasteiger partial charge in [-0.2, -0.15) is 0 Å². The maximum Gasteiger partial charge on any atom is 0.363 e. The van der Waals surface area contributed by atoms with Crippen LogP contribution in [0.4, 0.5) is 14.5 Å². The number of halogens is 4. The zero-order valence-corrected chi connectivity index (χ0v) is 15.1. The predicted octanol–water partition coefficient (Wildman–Crippen LogP) is 4.46. The van der Waals surface area contributed by atoms with Crippen molar-refractivity contribution >= 4 is 46.7 Å². The Balaban J connectivity index is 1.85. The lowest BCUT2D eigenvalue weighted by Crippen LogP contribution is -2.46. The molecule has 0 aliphatic carbocycles. The van der Waals surface area contributed by atoms with Gasteiger partial charge in [0.05, 0.1) is 10.0 Å². The molecule has 0 aliphatic rings. The Kier molecular flexibility index (Phi) is 6.14. The van der Waals surface area contributed by atoms with Crippen molar-refractivity contribution in [2.45, 2.75) is 0 Å². The van der Waals surface area contributed by atoms with Gasteiger partial charge in [0.1, 0.15) is 18.4 Å². The second-order valence-electron chi connectivity index (χ2n) is 5.58. The van der Waals surface area contributed by atoms with E-state index in [0.717, 1.165) is 5.69 Å². The number of para-hydroxylation sites is 1. The molecule has 0 fully saturated rings. The van der Waals surface area contributed by atoms with Gasteiger partial charge >= 0.3 is 6.92 Å². The van der Waals surface area contributed by atoms with Crippen LogP contribution in [0, 0.1) is 11.6 Å². The van der Waals surface area contributed by atoms with Crippen LogP contribution in [0.25, 0.3) is 0 Å². The van der Waals surface area contributed by atoms with Crippen LogP contribution in [0.2, 0.25) is 10.0 Å². The number of nitrogens with one attached hydrogen (secondary N) is 1. The zero-order valence-electron chi connectivity index (χ0n) is 13.6. The molecule has 3 aromatic carbocycles. The van der Waals surface area contributed by atoms with Gasteiger partial charge in [-0.1, -0.05) is 53.5 Å². The molecule has 7 heteroatoms. The Bertz CT molecular complexity index is 844. The summed E-state index contributed by atoms with van der Waals surface area (Å²) in [6.45, 7) is -0.548. The lowest BCUT2D eigenvalue weighted by atomic mass is 9.55. The van der Waals surface area contributed by atoms with Crippen LogP contribution in [0.3, 0.4) is 0 Å². The molecule has 0 heterocycles. The fraction of sp³-hybridized carbons (Fsp3) is 0.0526. The van der Waals surface area contributed by atoms with Gasteiger partial charge in [-0.05, 0) is 47.3 Å². The molecule has 0 aromatic heterocycles. The molecule has 0 amide bonds. The quantitative estimate of drug-likeness (QED) is 0.494. The number of rotatable bonds is 6. The van der Waals surface area contributed by atoms with E-state index in [1.807, 2.05) is 30.3 Å². The largest absolute Gasteiger partial charge is 0.409 e.